The number of rotatable bonds is 5. The number of hydrogen-bond donors (Lipinski definition) is 1. The number of hydrogen-bond acceptors (Lipinski definition) is 3. The number of nitrogens with two attached hydrogens (primary N) is 1. The Morgan fingerprint density at radius 1 is 1.32 bits per heavy atom. The Morgan fingerprint density at radius 3 is 2.63 bits per heavy atom. The number of aryl methyl sites for hydroxylation is 2. The van der Waals surface area contributed by atoms with Gasteiger partial charge >= 0.3 is 0 Å². The van der Waals surface area contributed by atoms with Gasteiger partial charge in [0, 0.05) is 23.4 Å². The predicted molar refractivity (Wildman–Crippen MR) is 81.7 cm³/mol. The van der Waals surface area contributed by atoms with Gasteiger partial charge in [-0.3, -0.25) is 4.68 Å². The fourth-order valence-corrected chi connectivity index (χ4v) is 3.30. The van der Waals surface area contributed by atoms with E-state index in [9.17, 15) is 0 Å². The van der Waals surface area contributed by atoms with Gasteiger partial charge in [0.1, 0.15) is 0 Å². The Bertz CT molecular complexity index is 549. The van der Waals surface area contributed by atoms with Gasteiger partial charge in [0.15, 0.2) is 0 Å². The van der Waals surface area contributed by atoms with Crippen molar-refractivity contribution < 1.29 is 0 Å². The molecule has 2 rings (SSSR count). The van der Waals surface area contributed by atoms with Gasteiger partial charge in [-0.25, -0.2) is 0 Å². The normalized spacial score (nSPS) is 10.9. The molecule has 0 bridgehead atoms. The number of benzene rings is 1. The van der Waals surface area contributed by atoms with E-state index in [1.54, 1.807) is 11.8 Å². The SMILES string of the molecule is Cc1nn(C)c(SCc2ccc(Cl)cc2)c1CCN. The lowest BCUT2D eigenvalue weighted by Gasteiger charge is -2.06. The van der Waals surface area contributed by atoms with Crippen molar-refractivity contribution in [2.75, 3.05) is 6.54 Å². The molecule has 0 spiro atoms. The zero-order chi connectivity index (χ0) is 13.8. The zero-order valence-corrected chi connectivity index (χ0v) is 12.8. The molecule has 2 aromatic rings. The smallest absolute Gasteiger partial charge is 0.0975 e. The summed E-state index contributed by atoms with van der Waals surface area (Å²) in [4.78, 5) is 0. The van der Waals surface area contributed by atoms with Crippen LogP contribution in [0.4, 0.5) is 0 Å². The molecule has 1 aromatic carbocycles. The predicted octanol–water partition coefficient (Wildman–Crippen LogP) is 3.18. The largest absolute Gasteiger partial charge is 0.330 e. The highest BCUT2D eigenvalue weighted by molar-refractivity contribution is 7.98. The molecule has 102 valence electrons. The van der Waals surface area contributed by atoms with Crippen molar-refractivity contribution in [3.8, 4) is 0 Å². The van der Waals surface area contributed by atoms with Gasteiger partial charge in [0.25, 0.3) is 0 Å². The van der Waals surface area contributed by atoms with Crippen molar-refractivity contribution >= 4 is 23.4 Å². The quantitative estimate of drug-likeness (QED) is 0.862. The minimum Gasteiger partial charge on any atom is -0.330 e. The summed E-state index contributed by atoms with van der Waals surface area (Å²) in [6.45, 7) is 2.69. The van der Waals surface area contributed by atoms with Crippen LogP contribution in [0.25, 0.3) is 0 Å². The molecular weight excluding hydrogens is 278 g/mol. The summed E-state index contributed by atoms with van der Waals surface area (Å²) in [7, 11) is 1.98. The molecule has 0 aliphatic heterocycles. The van der Waals surface area contributed by atoms with Crippen LogP contribution in [-0.4, -0.2) is 16.3 Å². The van der Waals surface area contributed by atoms with Gasteiger partial charge in [-0.1, -0.05) is 23.7 Å². The summed E-state index contributed by atoms with van der Waals surface area (Å²) in [6, 6.07) is 7.96. The van der Waals surface area contributed by atoms with E-state index in [1.807, 2.05) is 30.8 Å². The molecule has 19 heavy (non-hydrogen) atoms. The van der Waals surface area contributed by atoms with E-state index in [4.69, 9.17) is 17.3 Å². The molecule has 0 aliphatic carbocycles. The van der Waals surface area contributed by atoms with E-state index in [1.165, 1.54) is 16.2 Å². The molecule has 0 saturated carbocycles. The molecular formula is C14H18ClN3S. The van der Waals surface area contributed by atoms with Crippen molar-refractivity contribution in [3.63, 3.8) is 0 Å². The highest BCUT2D eigenvalue weighted by Crippen LogP contribution is 2.28. The Balaban J connectivity index is 2.12. The van der Waals surface area contributed by atoms with Crippen molar-refractivity contribution in [2.45, 2.75) is 24.1 Å². The summed E-state index contributed by atoms with van der Waals surface area (Å²) in [5, 5.41) is 6.45. The molecule has 0 radical (unpaired) electrons. The number of halogens is 1. The average molecular weight is 296 g/mol. The maximum Gasteiger partial charge on any atom is 0.0975 e. The number of aromatic nitrogens is 2. The Kier molecular flexibility index (Phi) is 4.91. The van der Waals surface area contributed by atoms with Crippen LogP contribution < -0.4 is 5.73 Å². The summed E-state index contributed by atoms with van der Waals surface area (Å²) < 4.78 is 1.95. The first-order chi connectivity index (χ1) is 9.11. The van der Waals surface area contributed by atoms with E-state index in [0.717, 1.165) is 22.9 Å². The van der Waals surface area contributed by atoms with Crippen molar-refractivity contribution in [3.05, 3.63) is 46.1 Å². The molecule has 0 fully saturated rings. The Hall–Kier alpha value is -0.970. The van der Waals surface area contributed by atoms with Crippen molar-refractivity contribution in [2.24, 2.45) is 12.8 Å². The van der Waals surface area contributed by atoms with Crippen LogP contribution >= 0.6 is 23.4 Å². The van der Waals surface area contributed by atoms with E-state index in [-0.39, 0.29) is 0 Å². The molecule has 1 aromatic heterocycles. The summed E-state index contributed by atoms with van der Waals surface area (Å²) in [5.41, 5.74) is 9.27. The van der Waals surface area contributed by atoms with Crippen LogP contribution in [0.3, 0.4) is 0 Å². The van der Waals surface area contributed by atoms with Gasteiger partial charge in [0.05, 0.1) is 10.7 Å². The molecule has 0 aliphatic rings. The van der Waals surface area contributed by atoms with E-state index < -0.39 is 0 Å². The topological polar surface area (TPSA) is 43.8 Å². The Labute approximate surface area is 123 Å². The van der Waals surface area contributed by atoms with Crippen molar-refractivity contribution in [1.82, 2.24) is 9.78 Å². The van der Waals surface area contributed by atoms with E-state index in [2.05, 4.69) is 17.2 Å². The van der Waals surface area contributed by atoms with Gasteiger partial charge in [-0.05, 0) is 37.6 Å². The Morgan fingerprint density at radius 2 is 2.00 bits per heavy atom. The third-order valence-corrected chi connectivity index (χ3v) is 4.49. The van der Waals surface area contributed by atoms with Crippen LogP contribution in [0.5, 0.6) is 0 Å². The van der Waals surface area contributed by atoms with Crippen LogP contribution in [0.15, 0.2) is 29.3 Å². The van der Waals surface area contributed by atoms with E-state index >= 15 is 0 Å². The minimum atomic E-state index is 0.654. The highest BCUT2D eigenvalue weighted by Gasteiger charge is 2.12. The molecule has 3 nitrogen and oxygen atoms in total. The molecule has 1 heterocycles. The first-order valence-electron chi connectivity index (χ1n) is 6.21. The first kappa shape index (κ1) is 14.4. The second-order valence-corrected chi connectivity index (χ2v) is 5.85. The number of thioether (sulfide) groups is 1. The summed E-state index contributed by atoms with van der Waals surface area (Å²) >= 11 is 7.68. The second kappa shape index (κ2) is 6.46. The molecule has 0 amide bonds. The van der Waals surface area contributed by atoms with Gasteiger partial charge in [-0.15, -0.1) is 11.8 Å². The highest BCUT2D eigenvalue weighted by atomic mass is 35.5. The van der Waals surface area contributed by atoms with Crippen LogP contribution in [0.1, 0.15) is 16.8 Å². The third kappa shape index (κ3) is 3.53. The molecule has 2 N–H and O–H groups in total. The lowest BCUT2D eigenvalue weighted by Crippen LogP contribution is -2.04. The van der Waals surface area contributed by atoms with Crippen LogP contribution in [0.2, 0.25) is 5.02 Å². The summed E-state index contributed by atoms with van der Waals surface area (Å²) in [5.74, 6) is 0.910. The van der Waals surface area contributed by atoms with Crippen LogP contribution in [0, 0.1) is 6.92 Å². The maximum atomic E-state index is 5.89. The van der Waals surface area contributed by atoms with Crippen molar-refractivity contribution in [1.29, 1.82) is 0 Å². The fourth-order valence-electron chi connectivity index (χ4n) is 2.03. The van der Waals surface area contributed by atoms with Gasteiger partial charge in [0.2, 0.25) is 0 Å². The van der Waals surface area contributed by atoms with Gasteiger partial charge < -0.3 is 5.73 Å². The molecule has 0 atom stereocenters. The maximum absolute atomic E-state index is 5.89. The molecule has 5 heteroatoms. The van der Waals surface area contributed by atoms with Gasteiger partial charge in [-0.2, -0.15) is 5.10 Å². The first-order valence-corrected chi connectivity index (χ1v) is 7.58. The molecule has 0 saturated heterocycles. The summed E-state index contributed by atoms with van der Waals surface area (Å²) in [6.07, 6.45) is 0.878. The van der Waals surface area contributed by atoms with E-state index in [0.29, 0.717) is 6.54 Å². The second-order valence-electron chi connectivity index (χ2n) is 4.45. The average Bonchev–Trinajstić information content (AvgIpc) is 2.65. The lowest BCUT2D eigenvalue weighted by atomic mass is 10.2. The monoisotopic (exact) mass is 295 g/mol. The fraction of sp³-hybridized carbons (Fsp3) is 0.357. The molecule has 0 unspecified atom stereocenters. The third-order valence-electron chi connectivity index (χ3n) is 2.97. The lowest BCUT2D eigenvalue weighted by molar-refractivity contribution is 0.688. The standard InChI is InChI=1S/C14H18ClN3S/c1-10-13(7-8-16)14(18(2)17-10)19-9-11-3-5-12(15)6-4-11/h3-6H,7-9,16H2,1-2H3. The number of nitrogens with zero attached hydrogens (tertiary/aromatic N) is 2. The minimum absolute atomic E-state index is 0.654. The zero-order valence-electron chi connectivity index (χ0n) is 11.2. The van der Waals surface area contributed by atoms with Crippen LogP contribution in [-0.2, 0) is 19.2 Å².